The van der Waals surface area contributed by atoms with Crippen molar-refractivity contribution >= 4 is 48.3 Å². The van der Waals surface area contributed by atoms with Crippen molar-refractivity contribution < 1.29 is 17.9 Å². The molecule has 0 N–H and O–H groups in total. The first kappa shape index (κ1) is 25.1. The van der Waals surface area contributed by atoms with Crippen LogP contribution in [0.1, 0.15) is 21.5 Å². The molecular weight excluding hydrogens is 530 g/mol. The van der Waals surface area contributed by atoms with Crippen molar-refractivity contribution in [1.82, 2.24) is 4.98 Å². The summed E-state index contributed by atoms with van der Waals surface area (Å²) in [6.07, 6.45) is 0.675. The van der Waals surface area contributed by atoms with Crippen LogP contribution in [0.15, 0.2) is 102 Å². The van der Waals surface area contributed by atoms with Gasteiger partial charge in [0, 0.05) is 18.2 Å². The zero-order chi connectivity index (χ0) is 27.0. The Morgan fingerprint density at radius 2 is 1.72 bits per heavy atom. The van der Waals surface area contributed by atoms with Gasteiger partial charge in [-0.15, -0.1) is 0 Å². The normalized spacial score (nSPS) is 12.9. The van der Waals surface area contributed by atoms with Crippen molar-refractivity contribution in [3.05, 3.63) is 114 Å². The molecule has 0 spiro atoms. The van der Waals surface area contributed by atoms with Crippen molar-refractivity contribution in [3.8, 4) is 5.75 Å². The van der Waals surface area contributed by atoms with Gasteiger partial charge >= 0.3 is 0 Å². The molecule has 0 bridgehead atoms. The number of carbonyl (C=O) groups excluding carboxylic acids is 1. The fraction of sp³-hybridized carbons (Fsp3) is 0.133. The van der Waals surface area contributed by atoms with Crippen molar-refractivity contribution in [1.29, 1.82) is 0 Å². The molecule has 0 unspecified atom stereocenters. The van der Waals surface area contributed by atoms with E-state index in [0.717, 1.165) is 21.3 Å². The summed E-state index contributed by atoms with van der Waals surface area (Å²) in [4.78, 5) is 20.4. The third kappa shape index (κ3) is 4.75. The lowest BCUT2D eigenvalue weighted by Crippen LogP contribution is -2.31. The molecule has 6 rings (SSSR count). The number of amides is 1. The van der Waals surface area contributed by atoms with Gasteiger partial charge in [-0.05, 0) is 60.0 Å². The van der Waals surface area contributed by atoms with Gasteiger partial charge in [-0.3, -0.25) is 14.0 Å². The number of methoxy groups -OCH3 is 1. The quantitative estimate of drug-likeness (QED) is 0.250. The highest BCUT2D eigenvalue weighted by molar-refractivity contribution is 7.92. The summed E-state index contributed by atoms with van der Waals surface area (Å²) in [6.45, 7) is 0.719. The van der Waals surface area contributed by atoms with Crippen molar-refractivity contribution in [2.24, 2.45) is 0 Å². The summed E-state index contributed by atoms with van der Waals surface area (Å²) in [6, 6.07) is 29.0. The number of hydrogen-bond donors (Lipinski definition) is 0. The Kier molecular flexibility index (Phi) is 6.54. The summed E-state index contributed by atoms with van der Waals surface area (Å²) in [7, 11) is -2.15. The highest BCUT2D eigenvalue weighted by Gasteiger charge is 2.31. The van der Waals surface area contributed by atoms with Crippen LogP contribution in [-0.2, 0) is 23.0 Å². The van der Waals surface area contributed by atoms with Crippen LogP contribution in [0.2, 0.25) is 0 Å². The average Bonchev–Trinajstić information content (AvgIpc) is 3.60. The number of rotatable bonds is 7. The number of thiazole rings is 1. The highest BCUT2D eigenvalue weighted by atomic mass is 32.2. The second kappa shape index (κ2) is 10.2. The molecule has 4 aromatic carbocycles. The molecule has 1 aliphatic heterocycles. The van der Waals surface area contributed by atoms with E-state index in [-0.39, 0.29) is 10.8 Å². The van der Waals surface area contributed by atoms with Gasteiger partial charge in [0.15, 0.2) is 5.13 Å². The third-order valence-corrected chi connectivity index (χ3v) is 9.66. The summed E-state index contributed by atoms with van der Waals surface area (Å²) >= 11 is 1.42. The molecule has 0 saturated carbocycles. The molecule has 0 fully saturated rings. The van der Waals surface area contributed by atoms with E-state index in [4.69, 9.17) is 9.72 Å². The number of para-hydroxylation sites is 1. The van der Waals surface area contributed by atoms with E-state index in [1.165, 1.54) is 27.8 Å². The van der Waals surface area contributed by atoms with Gasteiger partial charge < -0.3 is 4.74 Å². The summed E-state index contributed by atoms with van der Waals surface area (Å²) in [5, 5.41) is 0.553. The van der Waals surface area contributed by atoms with Crippen LogP contribution in [0.3, 0.4) is 0 Å². The number of carbonyl (C=O) groups is 1. The lowest BCUT2D eigenvalue weighted by Gasteiger charge is -2.21. The van der Waals surface area contributed by atoms with Gasteiger partial charge in [-0.25, -0.2) is 13.4 Å². The standard InChI is InChI=1S/C30H25N3O4S2/c1-37-24-13-16-28-26(19-24)31-30(38-28)32(20-21-7-3-2-4-8-21)29(34)23-11-14-25(15-12-23)39(35,36)33-18-17-22-9-5-6-10-27(22)33/h2-16,19H,17-18,20H2,1H3. The Balaban J connectivity index is 1.32. The van der Waals surface area contributed by atoms with Crippen LogP contribution < -0.4 is 13.9 Å². The fourth-order valence-corrected chi connectivity index (χ4v) is 7.19. The Morgan fingerprint density at radius 1 is 0.974 bits per heavy atom. The van der Waals surface area contributed by atoms with Crippen molar-refractivity contribution in [3.63, 3.8) is 0 Å². The number of nitrogens with zero attached hydrogens (tertiary/aromatic N) is 3. The van der Waals surface area contributed by atoms with E-state index < -0.39 is 10.0 Å². The average molecular weight is 556 g/mol. The smallest absolute Gasteiger partial charge is 0.264 e. The number of hydrogen-bond acceptors (Lipinski definition) is 6. The molecule has 39 heavy (non-hydrogen) atoms. The van der Waals surface area contributed by atoms with Crippen LogP contribution in [0, 0.1) is 0 Å². The second-order valence-corrected chi connectivity index (χ2v) is 12.1. The molecule has 1 aliphatic rings. The maximum Gasteiger partial charge on any atom is 0.264 e. The van der Waals surface area contributed by atoms with Gasteiger partial charge in [-0.1, -0.05) is 59.9 Å². The van der Waals surface area contributed by atoms with E-state index in [2.05, 4.69) is 0 Å². The zero-order valence-corrected chi connectivity index (χ0v) is 22.8. The number of sulfonamides is 1. The van der Waals surface area contributed by atoms with Gasteiger partial charge in [0.25, 0.3) is 15.9 Å². The molecule has 2 heterocycles. The minimum atomic E-state index is -3.75. The monoisotopic (exact) mass is 555 g/mol. The molecule has 1 aromatic heterocycles. The van der Waals surface area contributed by atoms with E-state index >= 15 is 0 Å². The zero-order valence-electron chi connectivity index (χ0n) is 21.2. The Morgan fingerprint density at radius 3 is 2.49 bits per heavy atom. The minimum absolute atomic E-state index is 0.150. The summed E-state index contributed by atoms with van der Waals surface area (Å²) in [5.74, 6) is 0.429. The van der Waals surface area contributed by atoms with Crippen LogP contribution in [0.5, 0.6) is 5.75 Å². The largest absolute Gasteiger partial charge is 0.497 e. The van der Waals surface area contributed by atoms with Gasteiger partial charge in [-0.2, -0.15) is 0 Å². The summed E-state index contributed by atoms with van der Waals surface area (Å²) < 4.78 is 34.6. The molecule has 0 aliphatic carbocycles. The first-order chi connectivity index (χ1) is 18.9. The first-order valence-corrected chi connectivity index (χ1v) is 14.7. The van der Waals surface area contributed by atoms with Gasteiger partial charge in [0.1, 0.15) is 5.75 Å². The van der Waals surface area contributed by atoms with E-state index in [1.807, 2.05) is 72.8 Å². The maximum atomic E-state index is 13.8. The predicted octanol–water partition coefficient (Wildman–Crippen LogP) is 5.90. The minimum Gasteiger partial charge on any atom is -0.497 e. The van der Waals surface area contributed by atoms with Gasteiger partial charge in [0.05, 0.1) is 34.5 Å². The molecule has 7 nitrogen and oxygen atoms in total. The Labute approximate surface area is 231 Å². The molecule has 9 heteroatoms. The van der Waals surface area contributed by atoms with Crippen LogP contribution in [-0.4, -0.2) is 33.0 Å². The maximum absolute atomic E-state index is 13.8. The van der Waals surface area contributed by atoms with Crippen molar-refractivity contribution in [2.75, 3.05) is 22.9 Å². The first-order valence-electron chi connectivity index (χ1n) is 12.4. The fourth-order valence-electron chi connectivity index (χ4n) is 4.74. The lowest BCUT2D eigenvalue weighted by molar-refractivity contribution is 0.0985. The molecule has 1 amide bonds. The number of fused-ring (bicyclic) bond motifs is 2. The van der Waals surface area contributed by atoms with Crippen LogP contribution in [0.25, 0.3) is 10.2 Å². The van der Waals surface area contributed by atoms with Gasteiger partial charge in [0.2, 0.25) is 0 Å². The molecule has 5 aromatic rings. The molecule has 0 saturated heterocycles. The second-order valence-electron chi connectivity index (χ2n) is 9.19. The number of benzene rings is 4. The number of ether oxygens (including phenoxy) is 1. The molecule has 196 valence electrons. The van der Waals surface area contributed by atoms with E-state index in [0.29, 0.717) is 41.6 Å². The molecule has 0 radical (unpaired) electrons. The Hall–Kier alpha value is -4.21. The van der Waals surface area contributed by atoms with E-state index in [1.54, 1.807) is 24.1 Å². The highest BCUT2D eigenvalue weighted by Crippen LogP contribution is 2.34. The van der Waals surface area contributed by atoms with Crippen LogP contribution >= 0.6 is 11.3 Å². The molecular formula is C30H25N3O4S2. The van der Waals surface area contributed by atoms with Crippen LogP contribution in [0.4, 0.5) is 10.8 Å². The summed E-state index contributed by atoms with van der Waals surface area (Å²) in [5.41, 5.74) is 3.79. The SMILES string of the molecule is COc1ccc2sc(N(Cc3ccccc3)C(=O)c3ccc(S(=O)(=O)N4CCc5ccccc54)cc3)nc2c1. The van der Waals surface area contributed by atoms with Crippen molar-refractivity contribution in [2.45, 2.75) is 17.9 Å². The third-order valence-electron chi connectivity index (χ3n) is 6.78. The topological polar surface area (TPSA) is 79.8 Å². The number of anilines is 2. The lowest BCUT2D eigenvalue weighted by atomic mass is 10.1. The number of aromatic nitrogens is 1. The van der Waals surface area contributed by atoms with E-state index in [9.17, 15) is 13.2 Å². The Bertz CT molecular complexity index is 1770. The predicted molar refractivity (Wildman–Crippen MR) is 154 cm³/mol. The molecule has 0 atom stereocenters.